The fourth-order valence-electron chi connectivity index (χ4n) is 2.87. The van der Waals surface area contributed by atoms with Crippen molar-refractivity contribution in [3.8, 4) is 11.3 Å². The average molecular weight is 346 g/mol. The van der Waals surface area contributed by atoms with Crippen LogP contribution in [0.3, 0.4) is 0 Å². The van der Waals surface area contributed by atoms with E-state index < -0.39 is 0 Å². The summed E-state index contributed by atoms with van der Waals surface area (Å²) in [5.41, 5.74) is 4.33. The lowest BCUT2D eigenvalue weighted by molar-refractivity contribution is 0.542. The van der Waals surface area contributed by atoms with Crippen LogP contribution in [0, 0.1) is 0 Å². The molecule has 0 saturated carbocycles. The highest BCUT2D eigenvalue weighted by Gasteiger charge is 2.18. The molecule has 5 aromatic heterocycles. The van der Waals surface area contributed by atoms with E-state index >= 15 is 0 Å². The molecule has 1 atom stereocenters. The molecule has 0 aliphatic heterocycles. The zero-order valence-electron chi connectivity index (χ0n) is 14.1. The Morgan fingerprint density at radius 3 is 2.81 bits per heavy atom. The zero-order chi connectivity index (χ0) is 17.7. The third-order valence-electron chi connectivity index (χ3n) is 4.28. The second-order valence-corrected chi connectivity index (χ2v) is 6.02. The molecule has 5 heterocycles. The first-order chi connectivity index (χ1) is 12.7. The van der Waals surface area contributed by atoms with Crippen LogP contribution in [-0.2, 0) is 7.05 Å². The van der Waals surface area contributed by atoms with Crippen LogP contribution in [0.1, 0.15) is 18.7 Å². The Balaban J connectivity index is 1.61. The van der Waals surface area contributed by atoms with Crippen molar-refractivity contribution in [3.05, 3.63) is 49.1 Å². The summed E-state index contributed by atoms with van der Waals surface area (Å²) in [5, 5.41) is 12.5. The maximum atomic E-state index is 4.69. The molecule has 5 rings (SSSR count). The molecule has 0 spiro atoms. The summed E-state index contributed by atoms with van der Waals surface area (Å²) < 4.78 is 5.38. The molecule has 0 saturated heterocycles. The zero-order valence-corrected chi connectivity index (χ0v) is 14.1. The summed E-state index contributed by atoms with van der Waals surface area (Å²) in [6.07, 6.45) is 12.6. The maximum absolute atomic E-state index is 4.69. The van der Waals surface area contributed by atoms with Gasteiger partial charge in [-0.15, -0.1) is 5.10 Å². The van der Waals surface area contributed by atoms with E-state index in [1.165, 1.54) is 0 Å². The number of imidazole rings is 1. The molecule has 0 radical (unpaired) electrons. The Labute approximate surface area is 147 Å². The molecule has 0 bridgehead atoms. The van der Waals surface area contributed by atoms with Crippen LogP contribution in [-0.4, -0.2) is 49.1 Å². The van der Waals surface area contributed by atoms with Crippen molar-refractivity contribution < 1.29 is 0 Å². The van der Waals surface area contributed by atoms with Gasteiger partial charge in [-0.2, -0.15) is 5.10 Å². The van der Waals surface area contributed by atoms with Crippen LogP contribution >= 0.6 is 0 Å². The van der Waals surface area contributed by atoms with Gasteiger partial charge >= 0.3 is 0 Å². The van der Waals surface area contributed by atoms with Gasteiger partial charge in [0.15, 0.2) is 11.3 Å². The van der Waals surface area contributed by atoms with Crippen molar-refractivity contribution >= 4 is 16.9 Å². The van der Waals surface area contributed by atoms with Crippen molar-refractivity contribution in [1.29, 1.82) is 0 Å². The summed E-state index contributed by atoms with van der Waals surface area (Å²) in [6, 6.07) is -0.162. The smallest absolute Gasteiger partial charge is 0.221 e. The number of aromatic nitrogens is 10. The van der Waals surface area contributed by atoms with Gasteiger partial charge in [-0.25, -0.2) is 19.6 Å². The minimum absolute atomic E-state index is 0.162. The van der Waals surface area contributed by atoms with E-state index in [4.69, 9.17) is 4.98 Å². The molecule has 0 aliphatic rings. The van der Waals surface area contributed by atoms with Gasteiger partial charge in [0.2, 0.25) is 5.65 Å². The highest BCUT2D eigenvalue weighted by atomic mass is 15.5. The lowest BCUT2D eigenvalue weighted by atomic mass is 10.2. The SMILES string of the molecule is C[C@@H](c1cn2ccnc2cn1)n1nnc2ncc(-c3cnn(C)c3)nc21. The average Bonchev–Trinajstić information content (AvgIpc) is 3.38. The van der Waals surface area contributed by atoms with Gasteiger partial charge < -0.3 is 4.40 Å². The van der Waals surface area contributed by atoms with E-state index in [9.17, 15) is 0 Å². The number of fused-ring (bicyclic) bond motifs is 2. The molecule has 0 N–H and O–H groups in total. The summed E-state index contributed by atoms with van der Waals surface area (Å²) >= 11 is 0. The first kappa shape index (κ1) is 14.6. The van der Waals surface area contributed by atoms with E-state index in [0.29, 0.717) is 11.3 Å². The summed E-state index contributed by atoms with van der Waals surface area (Å²) in [7, 11) is 1.86. The Hall–Kier alpha value is -3.69. The fraction of sp³-hybridized carbons (Fsp3) is 0.188. The van der Waals surface area contributed by atoms with E-state index in [2.05, 4.69) is 30.4 Å². The minimum atomic E-state index is -0.162. The summed E-state index contributed by atoms with van der Waals surface area (Å²) in [5.74, 6) is 0. The van der Waals surface area contributed by atoms with Crippen molar-refractivity contribution in [2.45, 2.75) is 13.0 Å². The fourth-order valence-corrected chi connectivity index (χ4v) is 2.87. The molecule has 0 aromatic carbocycles. The normalized spacial score (nSPS) is 12.8. The third-order valence-corrected chi connectivity index (χ3v) is 4.28. The number of nitrogens with zero attached hydrogens (tertiary/aromatic N) is 10. The molecule has 5 aromatic rings. The van der Waals surface area contributed by atoms with Crippen LogP contribution in [0.2, 0.25) is 0 Å². The van der Waals surface area contributed by atoms with Crippen LogP contribution in [0.5, 0.6) is 0 Å². The maximum Gasteiger partial charge on any atom is 0.221 e. The third kappa shape index (κ3) is 2.23. The van der Waals surface area contributed by atoms with E-state index in [0.717, 1.165) is 22.6 Å². The molecule has 128 valence electrons. The van der Waals surface area contributed by atoms with Crippen molar-refractivity contribution in [3.63, 3.8) is 0 Å². The van der Waals surface area contributed by atoms with Gasteiger partial charge in [0.25, 0.3) is 0 Å². The van der Waals surface area contributed by atoms with Crippen molar-refractivity contribution in [2.24, 2.45) is 7.05 Å². The lowest BCUT2D eigenvalue weighted by Gasteiger charge is -2.11. The first-order valence-electron chi connectivity index (χ1n) is 8.04. The number of hydrogen-bond donors (Lipinski definition) is 0. The van der Waals surface area contributed by atoms with Gasteiger partial charge in [-0.1, -0.05) is 5.21 Å². The van der Waals surface area contributed by atoms with Crippen molar-refractivity contribution in [1.82, 2.24) is 49.1 Å². The molecule has 0 unspecified atom stereocenters. The van der Waals surface area contributed by atoms with E-state index in [-0.39, 0.29) is 6.04 Å². The number of hydrogen-bond acceptors (Lipinski definition) is 7. The highest BCUT2D eigenvalue weighted by Crippen LogP contribution is 2.21. The molecule has 10 heteroatoms. The van der Waals surface area contributed by atoms with Gasteiger partial charge in [0.1, 0.15) is 0 Å². The summed E-state index contributed by atoms with van der Waals surface area (Å²) in [6.45, 7) is 2.00. The molecule has 10 nitrogen and oxygen atoms in total. The van der Waals surface area contributed by atoms with E-state index in [1.807, 2.05) is 37.0 Å². The summed E-state index contributed by atoms with van der Waals surface area (Å²) in [4.78, 5) is 17.8. The van der Waals surface area contributed by atoms with Crippen LogP contribution in [0.4, 0.5) is 0 Å². The molecule has 26 heavy (non-hydrogen) atoms. The van der Waals surface area contributed by atoms with Gasteiger partial charge in [-0.05, 0) is 6.92 Å². The molecule has 0 amide bonds. The lowest BCUT2D eigenvalue weighted by Crippen LogP contribution is -2.12. The van der Waals surface area contributed by atoms with Crippen molar-refractivity contribution in [2.75, 3.05) is 0 Å². The van der Waals surface area contributed by atoms with Gasteiger partial charge in [-0.3, -0.25) is 9.67 Å². The number of aryl methyl sites for hydroxylation is 1. The van der Waals surface area contributed by atoms with Crippen LogP contribution in [0.25, 0.3) is 28.2 Å². The molecular weight excluding hydrogens is 332 g/mol. The van der Waals surface area contributed by atoms with E-state index in [1.54, 1.807) is 34.2 Å². The minimum Gasteiger partial charge on any atom is -0.304 e. The Kier molecular flexibility index (Phi) is 3.05. The Morgan fingerprint density at radius 1 is 1.04 bits per heavy atom. The molecule has 0 aliphatic carbocycles. The van der Waals surface area contributed by atoms with Crippen LogP contribution in [0.15, 0.2) is 43.4 Å². The standard InChI is InChI=1S/C16H14N10/c1-10(13-9-25-4-3-17-14(25)7-18-13)26-16-15(22-23-26)19-6-12(21-16)11-5-20-24(2)8-11/h3-10H,1-2H3/t10-/m0/s1. The molecular formula is C16H14N10. The second-order valence-electron chi connectivity index (χ2n) is 6.02. The van der Waals surface area contributed by atoms with Gasteiger partial charge in [0, 0.05) is 37.4 Å². The quantitative estimate of drug-likeness (QED) is 0.484. The monoisotopic (exact) mass is 346 g/mol. The highest BCUT2D eigenvalue weighted by molar-refractivity contribution is 5.69. The predicted molar refractivity (Wildman–Crippen MR) is 92.1 cm³/mol. The first-order valence-corrected chi connectivity index (χ1v) is 8.04. The Morgan fingerprint density at radius 2 is 1.96 bits per heavy atom. The number of rotatable bonds is 3. The topological polar surface area (TPSA) is 105 Å². The Bertz CT molecular complexity index is 1230. The van der Waals surface area contributed by atoms with Crippen LogP contribution < -0.4 is 0 Å². The second kappa shape index (κ2) is 5.41. The van der Waals surface area contributed by atoms with Gasteiger partial charge in [0.05, 0.1) is 36.0 Å². The molecule has 0 fully saturated rings. The predicted octanol–water partition coefficient (Wildman–Crippen LogP) is 1.27. The largest absolute Gasteiger partial charge is 0.304 e.